The summed E-state index contributed by atoms with van der Waals surface area (Å²) in [6.45, 7) is 3.54. The molecular weight excluding hydrogens is 499 g/mol. The number of ether oxygens (including phenoxy) is 1. The van der Waals surface area contributed by atoms with Crippen LogP contribution in [0.3, 0.4) is 0 Å². The number of rotatable bonds is 8. The minimum atomic E-state index is -1.24. The van der Waals surface area contributed by atoms with Gasteiger partial charge in [-0.1, -0.05) is 25.5 Å². The predicted octanol–water partition coefficient (Wildman–Crippen LogP) is 2.90. The fraction of sp³-hybridized carbons (Fsp3) is 0.591. The molecule has 0 radical (unpaired) electrons. The molecule has 1 aromatic carbocycles. The van der Waals surface area contributed by atoms with Gasteiger partial charge in [-0.15, -0.1) is 0 Å². The van der Waals surface area contributed by atoms with Crippen LogP contribution in [0.2, 0.25) is 0 Å². The number of likely N-dealkylation sites (tertiary alicyclic amines) is 1. The van der Waals surface area contributed by atoms with E-state index in [9.17, 15) is 19.5 Å². The number of unbranched alkanes of at least 4 members (excludes halogenated alkanes) is 1. The fourth-order valence-electron chi connectivity index (χ4n) is 4.47. The van der Waals surface area contributed by atoms with Crippen LogP contribution in [0.25, 0.3) is 0 Å². The van der Waals surface area contributed by atoms with Crippen molar-refractivity contribution in [2.75, 3.05) is 26.3 Å². The molecule has 164 valence electrons. The lowest BCUT2D eigenvalue weighted by atomic mass is 9.80. The normalized spacial score (nSPS) is 25.3. The topological polar surface area (TPSA) is 87.1 Å². The molecule has 2 fully saturated rings. The molecule has 2 heterocycles. The largest absolute Gasteiger partial charge is 0.481 e. The molecule has 2 atom stereocenters. The highest BCUT2D eigenvalue weighted by Crippen LogP contribution is 2.39. The molecule has 3 rings (SSSR count). The first kappa shape index (κ1) is 23.1. The number of hydrogen-bond acceptors (Lipinski definition) is 5. The van der Waals surface area contributed by atoms with Crippen molar-refractivity contribution in [1.82, 2.24) is 9.80 Å². The third kappa shape index (κ3) is 4.86. The quantitative estimate of drug-likeness (QED) is 0.523. The molecular formula is C22H29IN2O5. The zero-order valence-corrected chi connectivity index (χ0v) is 19.5. The Morgan fingerprint density at radius 2 is 2.00 bits per heavy atom. The molecule has 1 N–H and O–H groups in total. The van der Waals surface area contributed by atoms with Gasteiger partial charge in [0, 0.05) is 36.0 Å². The molecule has 0 saturated carbocycles. The number of benzene rings is 1. The molecule has 8 heteroatoms. The second-order valence-electron chi connectivity index (χ2n) is 8.02. The van der Waals surface area contributed by atoms with E-state index >= 15 is 0 Å². The molecule has 0 spiro atoms. The second kappa shape index (κ2) is 10.2. The number of halogens is 1. The van der Waals surface area contributed by atoms with E-state index in [1.165, 1.54) is 0 Å². The summed E-state index contributed by atoms with van der Waals surface area (Å²) < 4.78 is 6.43. The van der Waals surface area contributed by atoms with Gasteiger partial charge in [0.2, 0.25) is 5.91 Å². The molecule has 0 bridgehead atoms. The summed E-state index contributed by atoms with van der Waals surface area (Å²) >= 11 is 2.25. The van der Waals surface area contributed by atoms with Crippen LogP contribution in [0.1, 0.15) is 44.6 Å². The van der Waals surface area contributed by atoms with Gasteiger partial charge in [0.15, 0.2) is 11.4 Å². The SMILES string of the molecule is CCCCC(=O)C1(N2CCOCC2=O)CC(C(=O)O)CCN1Cc1ccc(I)cc1. The summed E-state index contributed by atoms with van der Waals surface area (Å²) in [6.07, 6.45) is 2.49. The summed E-state index contributed by atoms with van der Waals surface area (Å²) in [6, 6.07) is 8.07. The van der Waals surface area contributed by atoms with Crippen molar-refractivity contribution in [3.63, 3.8) is 0 Å². The van der Waals surface area contributed by atoms with Crippen LogP contribution in [0.15, 0.2) is 24.3 Å². The van der Waals surface area contributed by atoms with Gasteiger partial charge in [-0.25, -0.2) is 0 Å². The lowest BCUT2D eigenvalue weighted by Gasteiger charge is -2.54. The maximum Gasteiger partial charge on any atom is 0.306 e. The van der Waals surface area contributed by atoms with Crippen molar-refractivity contribution in [2.45, 2.75) is 51.2 Å². The van der Waals surface area contributed by atoms with E-state index in [1.807, 2.05) is 36.1 Å². The van der Waals surface area contributed by atoms with Gasteiger partial charge in [-0.2, -0.15) is 0 Å². The first-order chi connectivity index (χ1) is 14.4. The van der Waals surface area contributed by atoms with Crippen LogP contribution < -0.4 is 0 Å². The van der Waals surface area contributed by atoms with Crippen LogP contribution in [-0.4, -0.2) is 64.5 Å². The fourth-order valence-corrected chi connectivity index (χ4v) is 4.83. The Morgan fingerprint density at radius 3 is 2.63 bits per heavy atom. The van der Waals surface area contributed by atoms with Gasteiger partial charge in [-0.3, -0.25) is 19.3 Å². The van der Waals surface area contributed by atoms with Crippen molar-refractivity contribution < 1.29 is 24.2 Å². The van der Waals surface area contributed by atoms with Gasteiger partial charge >= 0.3 is 5.97 Å². The number of carbonyl (C=O) groups is 3. The Kier molecular flexibility index (Phi) is 7.86. The van der Waals surface area contributed by atoms with Crippen molar-refractivity contribution in [3.05, 3.63) is 33.4 Å². The molecule has 0 aromatic heterocycles. The number of carbonyl (C=O) groups excluding carboxylic acids is 2. The molecule has 0 aliphatic carbocycles. The Bertz CT molecular complexity index is 784. The summed E-state index contributed by atoms with van der Waals surface area (Å²) in [4.78, 5) is 42.1. The molecule has 1 aromatic rings. The van der Waals surface area contributed by atoms with E-state index in [1.54, 1.807) is 4.90 Å². The number of carboxylic acids is 1. The van der Waals surface area contributed by atoms with E-state index in [0.717, 1.165) is 15.6 Å². The standard InChI is InChI=1S/C22H29IN2O5/c1-2-3-4-19(26)22(25-11-12-30-15-20(25)27)13-17(21(28)29)9-10-24(22)14-16-5-7-18(23)8-6-16/h5-8,17H,2-4,9-15H2,1H3,(H,28,29). The van der Waals surface area contributed by atoms with Gasteiger partial charge in [0.05, 0.1) is 12.5 Å². The summed E-state index contributed by atoms with van der Waals surface area (Å²) in [7, 11) is 0. The molecule has 1 amide bonds. The van der Waals surface area contributed by atoms with Crippen molar-refractivity contribution in [2.24, 2.45) is 5.92 Å². The zero-order valence-electron chi connectivity index (χ0n) is 17.3. The third-order valence-electron chi connectivity index (χ3n) is 6.07. The number of Topliss-reactive ketones (excluding diaryl/α,β-unsaturated/α-hetero) is 1. The third-order valence-corrected chi connectivity index (χ3v) is 6.79. The van der Waals surface area contributed by atoms with Crippen molar-refractivity contribution in [1.29, 1.82) is 0 Å². The smallest absolute Gasteiger partial charge is 0.306 e. The van der Waals surface area contributed by atoms with Gasteiger partial charge < -0.3 is 14.7 Å². The van der Waals surface area contributed by atoms with E-state index in [2.05, 4.69) is 22.6 Å². The summed E-state index contributed by atoms with van der Waals surface area (Å²) in [5.41, 5.74) is -0.196. The van der Waals surface area contributed by atoms with Crippen molar-refractivity contribution >= 4 is 40.3 Å². The van der Waals surface area contributed by atoms with Crippen LogP contribution in [0.4, 0.5) is 0 Å². The van der Waals surface area contributed by atoms with Gasteiger partial charge in [-0.05, 0) is 53.1 Å². The summed E-state index contributed by atoms with van der Waals surface area (Å²) in [5, 5.41) is 9.74. The maximum atomic E-state index is 13.7. The number of nitrogens with zero attached hydrogens (tertiary/aromatic N) is 2. The second-order valence-corrected chi connectivity index (χ2v) is 9.26. The number of piperidine rings is 1. The van der Waals surface area contributed by atoms with Crippen molar-refractivity contribution in [3.8, 4) is 0 Å². The number of aliphatic carboxylic acids is 1. The van der Waals surface area contributed by atoms with Crippen LogP contribution in [0, 0.1) is 9.49 Å². The van der Waals surface area contributed by atoms with Crippen LogP contribution in [-0.2, 0) is 25.7 Å². The average Bonchev–Trinajstić information content (AvgIpc) is 2.74. The highest BCUT2D eigenvalue weighted by molar-refractivity contribution is 14.1. The first-order valence-electron chi connectivity index (χ1n) is 10.5. The van der Waals surface area contributed by atoms with E-state index in [4.69, 9.17) is 4.74 Å². The average molecular weight is 528 g/mol. The number of carboxylic acid groups (broad SMARTS) is 1. The van der Waals surface area contributed by atoms with Crippen LogP contribution in [0.5, 0.6) is 0 Å². The predicted molar refractivity (Wildman–Crippen MR) is 120 cm³/mol. The number of ketones is 1. The molecule has 30 heavy (non-hydrogen) atoms. The number of morpholine rings is 1. The van der Waals surface area contributed by atoms with Crippen LogP contribution >= 0.6 is 22.6 Å². The molecule has 2 saturated heterocycles. The van der Waals surface area contributed by atoms with E-state index < -0.39 is 17.6 Å². The number of amides is 1. The molecule has 7 nitrogen and oxygen atoms in total. The maximum absolute atomic E-state index is 13.7. The molecule has 2 aliphatic rings. The van der Waals surface area contributed by atoms with Gasteiger partial charge in [0.25, 0.3) is 0 Å². The lowest BCUT2D eigenvalue weighted by Crippen LogP contribution is -2.71. The zero-order chi connectivity index (χ0) is 21.7. The Balaban J connectivity index is 2.03. The van der Waals surface area contributed by atoms with E-state index in [0.29, 0.717) is 45.5 Å². The molecule has 2 aliphatic heterocycles. The van der Waals surface area contributed by atoms with E-state index in [-0.39, 0.29) is 24.7 Å². The minimum absolute atomic E-state index is 0.0592. The summed E-state index contributed by atoms with van der Waals surface area (Å²) in [5.74, 6) is -1.86. The lowest BCUT2D eigenvalue weighted by molar-refractivity contribution is -0.183. The Morgan fingerprint density at radius 1 is 1.27 bits per heavy atom. The Labute approximate surface area is 190 Å². The molecule has 2 unspecified atom stereocenters. The minimum Gasteiger partial charge on any atom is -0.481 e. The highest BCUT2D eigenvalue weighted by Gasteiger charge is 2.54. The van der Waals surface area contributed by atoms with Gasteiger partial charge in [0.1, 0.15) is 6.61 Å². The monoisotopic (exact) mass is 528 g/mol. The Hall–Kier alpha value is -1.52. The highest BCUT2D eigenvalue weighted by atomic mass is 127. The number of hydrogen-bond donors (Lipinski definition) is 1. The first-order valence-corrected chi connectivity index (χ1v) is 11.6.